The van der Waals surface area contributed by atoms with Crippen molar-refractivity contribution in [3.05, 3.63) is 60.4 Å². The van der Waals surface area contributed by atoms with Crippen molar-refractivity contribution < 1.29 is 22.7 Å². The molecule has 3 heterocycles. The van der Waals surface area contributed by atoms with Crippen LogP contribution in [0.15, 0.2) is 59.8 Å². The molecule has 1 aliphatic heterocycles. The average molecular weight is 480 g/mol. The number of aromatic nitrogens is 3. The highest BCUT2D eigenvalue weighted by Gasteiger charge is 2.25. The van der Waals surface area contributed by atoms with E-state index in [1.54, 1.807) is 24.4 Å². The van der Waals surface area contributed by atoms with Gasteiger partial charge in [-0.3, -0.25) is 4.79 Å². The molecule has 4 aromatic rings. The summed E-state index contributed by atoms with van der Waals surface area (Å²) < 4.78 is 38.6. The van der Waals surface area contributed by atoms with Gasteiger partial charge in [-0.05, 0) is 48.4 Å². The fourth-order valence-corrected chi connectivity index (χ4v) is 5.31. The lowest BCUT2D eigenvalue weighted by Gasteiger charge is -2.17. The van der Waals surface area contributed by atoms with Gasteiger partial charge in [-0.2, -0.15) is 4.98 Å². The number of aryl methyl sites for hydroxylation is 1. The SMILES string of the molecule is COc1ccc(OC)c(S(=O)(=O)n2ccc3cnc(Nc4ccc5c(c4)CCC(=O)N5)nc32)c1. The minimum atomic E-state index is -4.05. The maximum absolute atomic E-state index is 13.5. The molecule has 0 saturated heterocycles. The summed E-state index contributed by atoms with van der Waals surface area (Å²) in [5, 5.41) is 6.52. The molecular weight excluding hydrogens is 458 g/mol. The van der Waals surface area contributed by atoms with Gasteiger partial charge in [0, 0.05) is 41.6 Å². The molecule has 0 aliphatic carbocycles. The van der Waals surface area contributed by atoms with Crippen LogP contribution in [0, 0.1) is 0 Å². The lowest BCUT2D eigenvalue weighted by Crippen LogP contribution is -2.18. The van der Waals surface area contributed by atoms with E-state index in [2.05, 4.69) is 20.6 Å². The molecule has 10 nitrogen and oxygen atoms in total. The second-order valence-electron chi connectivity index (χ2n) is 7.65. The third-order valence-corrected chi connectivity index (χ3v) is 7.25. The van der Waals surface area contributed by atoms with Crippen LogP contribution < -0.4 is 20.1 Å². The van der Waals surface area contributed by atoms with Crippen LogP contribution in [-0.2, 0) is 21.2 Å². The van der Waals surface area contributed by atoms with E-state index in [0.717, 1.165) is 20.9 Å². The Morgan fingerprint density at radius 2 is 1.91 bits per heavy atom. The Morgan fingerprint density at radius 3 is 2.71 bits per heavy atom. The number of anilines is 3. The van der Waals surface area contributed by atoms with Crippen LogP contribution in [0.1, 0.15) is 12.0 Å². The van der Waals surface area contributed by atoms with E-state index in [1.165, 1.54) is 32.5 Å². The first-order valence-corrected chi connectivity index (χ1v) is 11.8. The summed E-state index contributed by atoms with van der Waals surface area (Å²) >= 11 is 0. The van der Waals surface area contributed by atoms with Gasteiger partial charge in [0.25, 0.3) is 10.0 Å². The van der Waals surface area contributed by atoms with E-state index in [1.807, 2.05) is 12.1 Å². The minimum absolute atomic E-state index is 0.00312. The summed E-state index contributed by atoms with van der Waals surface area (Å²) in [5.41, 5.74) is 2.73. The topological polar surface area (TPSA) is 124 Å². The normalized spacial score (nSPS) is 13.3. The predicted octanol–water partition coefficient (Wildman–Crippen LogP) is 3.31. The van der Waals surface area contributed by atoms with Crippen LogP contribution in [-0.4, -0.2) is 42.5 Å². The average Bonchev–Trinajstić information content (AvgIpc) is 3.28. The van der Waals surface area contributed by atoms with Crippen LogP contribution in [0.5, 0.6) is 11.5 Å². The molecular formula is C23H21N5O5S. The van der Waals surface area contributed by atoms with E-state index < -0.39 is 10.0 Å². The highest BCUT2D eigenvalue weighted by Crippen LogP contribution is 2.32. The quantitative estimate of drug-likeness (QED) is 0.432. The first-order chi connectivity index (χ1) is 16.4. The fraction of sp³-hybridized carbons (Fsp3) is 0.174. The summed E-state index contributed by atoms with van der Waals surface area (Å²) in [6, 6.07) is 11.7. The van der Waals surface area contributed by atoms with Crippen LogP contribution in [0.3, 0.4) is 0 Å². The zero-order valence-corrected chi connectivity index (χ0v) is 19.2. The zero-order valence-electron chi connectivity index (χ0n) is 18.4. The summed E-state index contributed by atoms with van der Waals surface area (Å²) in [4.78, 5) is 20.3. The molecule has 11 heteroatoms. The number of carbonyl (C=O) groups is 1. The molecule has 0 saturated carbocycles. The molecule has 1 aliphatic rings. The number of carbonyl (C=O) groups excluding carboxylic acids is 1. The lowest BCUT2D eigenvalue weighted by molar-refractivity contribution is -0.116. The largest absolute Gasteiger partial charge is 0.497 e. The predicted molar refractivity (Wildman–Crippen MR) is 126 cm³/mol. The van der Waals surface area contributed by atoms with Gasteiger partial charge >= 0.3 is 0 Å². The van der Waals surface area contributed by atoms with Crippen LogP contribution in [0.2, 0.25) is 0 Å². The van der Waals surface area contributed by atoms with Crippen molar-refractivity contribution >= 4 is 44.3 Å². The van der Waals surface area contributed by atoms with E-state index in [-0.39, 0.29) is 28.1 Å². The van der Waals surface area contributed by atoms with Crippen LogP contribution in [0.4, 0.5) is 17.3 Å². The standard InChI is InChI=1S/C23H21N5O5S/c1-32-17-5-7-19(33-2)20(12-17)34(30,31)28-10-9-15-13-24-23(27-22(15)28)25-16-4-6-18-14(11-16)3-8-21(29)26-18/h4-7,9-13H,3,8H2,1-2H3,(H,26,29)(H,24,25,27). The van der Waals surface area contributed by atoms with E-state index in [4.69, 9.17) is 9.47 Å². The number of hydrogen-bond donors (Lipinski definition) is 2. The molecule has 2 aromatic heterocycles. The van der Waals surface area contributed by atoms with Gasteiger partial charge < -0.3 is 20.1 Å². The van der Waals surface area contributed by atoms with Gasteiger partial charge in [0.05, 0.1) is 14.2 Å². The first-order valence-electron chi connectivity index (χ1n) is 10.4. The first kappa shape index (κ1) is 21.7. The summed E-state index contributed by atoms with van der Waals surface area (Å²) in [6.07, 6.45) is 4.05. The van der Waals surface area contributed by atoms with Crippen molar-refractivity contribution in [3.63, 3.8) is 0 Å². The Bertz CT molecular complexity index is 1530. The Hall–Kier alpha value is -4.12. The smallest absolute Gasteiger partial charge is 0.273 e. The van der Waals surface area contributed by atoms with Gasteiger partial charge in [-0.25, -0.2) is 17.4 Å². The van der Waals surface area contributed by atoms with Crippen LogP contribution in [0.25, 0.3) is 11.0 Å². The third-order valence-electron chi connectivity index (χ3n) is 5.56. The molecule has 0 bridgehead atoms. The van der Waals surface area contributed by atoms with Crippen molar-refractivity contribution in [1.82, 2.24) is 13.9 Å². The van der Waals surface area contributed by atoms with E-state index >= 15 is 0 Å². The highest BCUT2D eigenvalue weighted by molar-refractivity contribution is 7.90. The number of rotatable bonds is 6. The maximum atomic E-state index is 13.5. The number of methoxy groups -OCH3 is 2. The number of fused-ring (bicyclic) bond motifs is 2. The number of ether oxygens (including phenoxy) is 2. The molecule has 0 unspecified atom stereocenters. The molecule has 0 spiro atoms. The fourth-order valence-electron chi connectivity index (χ4n) is 3.83. The molecule has 1 amide bonds. The molecule has 0 atom stereocenters. The number of nitrogens with one attached hydrogen (secondary N) is 2. The van der Waals surface area contributed by atoms with Gasteiger partial charge in [0.1, 0.15) is 16.4 Å². The maximum Gasteiger partial charge on any atom is 0.273 e. The Kier molecular flexibility index (Phi) is 5.33. The number of amides is 1. The highest BCUT2D eigenvalue weighted by atomic mass is 32.2. The Balaban J connectivity index is 1.52. The van der Waals surface area contributed by atoms with E-state index in [0.29, 0.717) is 24.0 Å². The monoisotopic (exact) mass is 479 g/mol. The van der Waals surface area contributed by atoms with Crippen molar-refractivity contribution in [2.24, 2.45) is 0 Å². The number of benzene rings is 2. The Labute approximate surface area is 195 Å². The lowest BCUT2D eigenvalue weighted by atomic mass is 10.0. The second-order valence-corrected chi connectivity index (χ2v) is 9.43. The zero-order chi connectivity index (χ0) is 23.9. The van der Waals surface area contributed by atoms with Crippen molar-refractivity contribution in [1.29, 1.82) is 0 Å². The van der Waals surface area contributed by atoms with Crippen LogP contribution >= 0.6 is 0 Å². The van der Waals surface area contributed by atoms with Gasteiger partial charge in [-0.15, -0.1) is 0 Å². The molecule has 0 radical (unpaired) electrons. The molecule has 34 heavy (non-hydrogen) atoms. The van der Waals surface area contributed by atoms with Gasteiger partial charge in [0.2, 0.25) is 11.9 Å². The molecule has 0 fully saturated rings. The number of hydrogen-bond acceptors (Lipinski definition) is 8. The summed E-state index contributed by atoms with van der Waals surface area (Å²) in [6.45, 7) is 0. The summed E-state index contributed by atoms with van der Waals surface area (Å²) in [7, 11) is -1.18. The molecule has 174 valence electrons. The Morgan fingerprint density at radius 1 is 1.06 bits per heavy atom. The van der Waals surface area contributed by atoms with Crippen molar-refractivity contribution in [2.75, 3.05) is 24.9 Å². The number of nitrogens with zero attached hydrogens (tertiary/aromatic N) is 3. The van der Waals surface area contributed by atoms with E-state index in [9.17, 15) is 13.2 Å². The van der Waals surface area contributed by atoms with Gasteiger partial charge in [-0.1, -0.05) is 0 Å². The third kappa shape index (κ3) is 3.79. The molecule has 5 rings (SSSR count). The second kappa shape index (κ2) is 8.34. The van der Waals surface area contributed by atoms with Crippen molar-refractivity contribution in [3.8, 4) is 11.5 Å². The minimum Gasteiger partial charge on any atom is -0.497 e. The van der Waals surface area contributed by atoms with Gasteiger partial charge in [0.15, 0.2) is 5.65 Å². The molecule has 2 aromatic carbocycles. The molecule has 2 N–H and O–H groups in total. The summed E-state index contributed by atoms with van der Waals surface area (Å²) in [5.74, 6) is 0.810. The van der Waals surface area contributed by atoms with Crippen molar-refractivity contribution in [2.45, 2.75) is 17.7 Å².